The minimum Gasteiger partial charge on any atom is -0.370 e. The molecule has 0 radical (unpaired) electrons. The van der Waals surface area contributed by atoms with E-state index in [0.29, 0.717) is 18.7 Å². The minimum atomic E-state index is -2.83. The van der Waals surface area contributed by atoms with Gasteiger partial charge in [0.15, 0.2) is 0 Å². The van der Waals surface area contributed by atoms with E-state index in [1.54, 1.807) is 0 Å². The van der Waals surface area contributed by atoms with Crippen LogP contribution in [0.3, 0.4) is 0 Å². The van der Waals surface area contributed by atoms with E-state index in [4.69, 9.17) is 0 Å². The van der Waals surface area contributed by atoms with Crippen LogP contribution >= 0.6 is 0 Å². The number of rotatable bonds is 5. The topological polar surface area (TPSA) is 84.0 Å². The van der Waals surface area contributed by atoms with Crippen molar-refractivity contribution in [2.24, 2.45) is 0 Å². The number of nitrogens with zero attached hydrogens (tertiary/aromatic N) is 2. The van der Waals surface area contributed by atoms with Crippen LogP contribution in [0.4, 0.5) is 11.6 Å². The molecule has 0 saturated carbocycles. The highest BCUT2D eigenvalue weighted by Crippen LogP contribution is 2.23. The van der Waals surface area contributed by atoms with Crippen molar-refractivity contribution in [3.63, 3.8) is 0 Å². The summed E-state index contributed by atoms with van der Waals surface area (Å²) < 4.78 is 23.0. The average molecular weight is 312 g/mol. The molecule has 6 nitrogen and oxygen atoms in total. The van der Waals surface area contributed by atoms with Gasteiger partial charge in [-0.15, -0.1) is 0 Å². The lowest BCUT2D eigenvalue weighted by molar-refractivity contribution is 0.559. The maximum atomic E-state index is 11.5. The molecule has 0 unspecified atom stereocenters. The predicted molar refractivity (Wildman–Crippen MR) is 85.6 cm³/mol. The molecule has 1 aliphatic heterocycles. The number of aryl methyl sites for hydroxylation is 1. The summed E-state index contributed by atoms with van der Waals surface area (Å²) in [6.07, 6.45) is 2.32. The van der Waals surface area contributed by atoms with E-state index >= 15 is 0 Å². The Labute approximate surface area is 126 Å². The van der Waals surface area contributed by atoms with Gasteiger partial charge in [0.2, 0.25) is 0 Å². The summed E-state index contributed by atoms with van der Waals surface area (Å²) in [7, 11) is -2.83. The molecule has 0 aromatic carbocycles. The number of anilines is 2. The van der Waals surface area contributed by atoms with Crippen LogP contribution in [0.1, 0.15) is 37.6 Å². The van der Waals surface area contributed by atoms with Crippen LogP contribution < -0.4 is 10.6 Å². The van der Waals surface area contributed by atoms with Gasteiger partial charge < -0.3 is 10.6 Å². The molecule has 0 atom stereocenters. The monoisotopic (exact) mass is 312 g/mol. The fourth-order valence-corrected chi connectivity index (χ4v) is 3.90. The molecule has 1 saturated heterocycles. The van der Waals surface area contributed by atoms with Crippen molar-refractivity contribution in [3.8, 4) is 0 Å². The van der Waals surface area contributed by atoms with Crippen molar-refractivity contribution in [3.05, 3.63) is 11.4 Å². The predicted octanol–water partition coefficient (Wildman–Crippen LogP) is 1.90. The molecule has 7 heteroatoms. The zero-order valence-corrected chi connectivity index (χ0v) is 13.8. The van der Waals surface area contributed by atoms with Crippen molar-refractivity contribution in [2.45, 2.75) is 46.1 Å². The van der Waals surface area contributed by atoms with Gasteiger partial charge in [-0.25, -0.2) is 18.4 Å². The van der Waals surface area contributed by atoms with Crippen LogP contribution in [-0.2, 0) is 9.84 Å². The van der Waals surface area contributed by atoms with Gasteiger partial charge in [-0.05, 0) is 33.1 Å². The first-order valence-electron chi connectivity index (χ1n) is 7.47. The Hall–Kier alpha value is -1.37. The Balaban J connectivity index is 2.11. The number of nitrogens with one attached hydrogen (secondary N) is 2. The second kappa shape index (κ2) is 6.60. The minimum absolute atomic E-state index is 0.167. The summed E-state index contributed by atoms with van der Waals surface area (Å²) in [5, 5.41) is 6.70. The maximum Gasteiger partial charge on any atom is 0.150 e. The molecule has 1 aliphatic rings. The molecule has 0 bridgehead atoms. The molecule has 118 valence electrons. The van der Waals surface area contributed by atoms with Gasteiger partial charge in [-0.1, -0.05) is 6.92 Å². The van der Waals surface area contributed by atoms with Crippen molar-refractivity contribution in [2.75, 3.05) is 28.7 Å². The summed E-state index contributed by atoms with van der Waals surface area (Å²) >= 11 is 0. The second-order valence-electron chi connectivity index (χ2n) is 5.59. The van der Waals surface area contributed by atoms with E-state index in [2.05, 4.69) is 27.5 Å². The highest BCUT2D eigenvalue weighted by atomic mass is 32.2. The zero-order chi connectivity index (χ0) is 15.5. The van der Waals surface area contributed by atoms with Crippen molar-refractivity contribution >= 4 is 21.5 Å². The van der Waals surface area contributed by atoms with E-state index in [1.807, 2.05) is 13.8 Å². The van der Waals surface area contributed by atoms with Crippen molar-refractivity contribution < 1.29 is 8.42 Å². The highest BCUT2D eigenvalue weighted by Gasteiger charge is 2.24. The van der Waals surface area contributed by atoms with Crippen LogP contribution in [-0.4, -0.2) is 42.5 Å². The summed E-state index contributed by atoms with van der Waals surface area (Å²) in [6, 6.07) is 0.167. The lowest BCUT2D eigenvalue weighted by Crippen LogP contribution is -2.32. The summed E-state index contributed by atoms with van der Waals surface area (Å²) in [5.74, 6) is 2.90. The number of hydrogen-bond acceptors (Lipinski definition) is 6. The first-order chi connectivity index (χ1) is 9.91. The largest absolute Gasteiger partial charge is 0.370 e. The summed E-state index contributed by atoms with van der Waals surface area (Å²) in [5.41, 5.74) is 0.988. The molecule has 0 spiro atoms. The van der Waals surface area contributed by atoms with E-state index < -0.39 is 9.84 Å². The summed E-state index contributed by atoms with van der Waals surface area (Å²) in [4.78, 5) is 8.89. The molecule has 2 N–H and O–H groups in total. The zero-order valence-electron chi connectivity index (χ0n) is 12.9. The first-order valence-corrected chi connectivity index (χ1v) is 9.29. The molecule has 2 rings (SSSR count). The van der Waals surface area contributed by atoms with Crippen molar-refractivity contribution in [1.82, 2.24) is 9.97 Å². The van der Waals surface area contributed by atoms with Gasteiger partial charge >= 0.3 is 0 Å². The van der Waals surface area contributed by atoms with Crippen LogP contribution in [0.5, 0.6) is 0 Å². The normalized spacial score (nSPS) is 18.4. The second-order valence-corrected chi connectivity index (χ2v) is 7.89. The van der Waals surface area contributed by atoms with Gasteiger partial charge in [0.05, 0.1) is 11.5 Å². The third kappa shape index (κ3) is 4.30. The Morgan fingerprint density at radius 1 is 1.14 bits per heavy atom. The fraction of sp³-hybridized carbons (Fsp3) is 0.714. The first kappa shape index (κ1) is 16.0. The molecule has 2 heterocycles. The number of hydrogen-bond donors (Lipinski definition) is 2. The van der Waals surface area contributed by atoms with Crippen LogP contribution in [0.25, 0.3) is 0 Å². The fourth-order valence-electron chi connectivity index (χ4n) is 2.41. The molecule has 1 aromatic rings. The molecule has 1 aromatic heterocycles. The Morgan fingerprint density at radius 3 is 2.38 bits per heavy atom. The third-order valence-electron chi connectivity index (χ3n) is 3.70. The summed E-state index contributed by atoms with van der Waals surface area (Å²) in [6.45, 7) is 6.84. The molecule has 0 aliphatic carbocycles. The Morgan fingerprint density at radius 2 is 1.76 bits per heavy atom. The van der Waals surface area contributed by atoms with Crippen LogP contribution in [0, 0.1) is 13.8 Å². The Bertz CT molecular complexity index is 587. The average Bonchev–Trinajstić information content (AvgIpc) is 2.43. The van der Waals surface area contributed by atoms with Gasteiger partial charge in [0.1, 0.15) is 27.3 Å². The van der Waals surface area contributed by atoms with E-state index in [-0.39, 0.29) is 17.5 Å². The standard InChI is InChI=1S/C14H24N4O2S/c1-4-7-15-13-10(2)14(17-11(3)16-13)18-12-5-8-21(19,20)9-6-12/h12H,4-9H2,1-3H3,(H2,15,16,17,18). The lowest BCUT2D eigenvalue weighted by atomic mass is 10.1. The van der Waals surface area contributed by atoms with Crippen LogP contribution in [0.15, 0.2) is 0 Å². The highest BCUT2D eigenvalue weighted by molar-refractivity contribution is 7.91. The molecular formula is C14H24N4O2S. The van der Waals surface area contributed by atoms with Crippen molar-refractivity contribution in [1.29, 1.82) is 0 Å². The van der Waals surface area contributed by atoms with E-state index in [9.17, 15) is 8.42 Å². The molecule has 1 fully saturated rings. The van der Waals surface area contributed by atoms with E-state index in [1.165, 1.54) is 0 Å². The number of aromatic nitrogens is 2. The molecule has 21 heavy (non-hydrogen) atoms. The van der Waals surface area contributed by atoms with Gasteiger partial charge in [0.25, 0.3) is 0 Å². The Kier molecular flexibility index (Phi) is 5.03. The molecular weight excluding hydrogens is 288 g/mol. The smallest absolute Gasteiger partial charge is 0.150 e. The maximum absolute atomic E-state index is 11.5. The molecule has 0 amide bonds. The lowest BCUT2D eigenvalue weighted by Gasteiger charge is -2.25. The van der Waals surface area contributed by atoms with Gasteiger partial charge in [-0.3, -0.25) is 0 Å². The van der Waals surface area contributed by atoms with Gasteiger partial charge in [0, 0.05) is 18.2 Å². The number of sulfone groups is 1. The van der Waals surface area contributed by atoms with E-state index in [0.717, 1.165) is 30.2 Å². The quantitative estimate of drug-likeness (QED) is 0.864. The van der Waals surface area contributed by atoms with Crippen LogP contribution in [0.2, 0.25) is 0 Å². The SMILES string of the molecule is CCCNc1nc(C)nc(NC2CCS(=O)(=O)CC2)c1C. The van der Waals surface area contributed by atoms with Gasteiger partial charge in [-0.2, -0.15) is 0 Å². The third-order valence-corrected chi connectivity index (χ3v) is 5.41.